The van der Waals surface area contributed by atoms with E-state index in [0.717, 1.165) is 36.1 Å². The van der Waals surface area contributed by atoms with Crippen molar-refractivity contribution in [2.24, 2.45) is 0 Å². The molecule has 0 fully saturated rings. The molecule has 22 heavy (non-hydrogen) atoms. The Morgan fingerprint density at radius 3 is 2.09 bits per heavy atom. The molecule has 0 aromatic heterocycles. The standard InChI is InChI=1S/C19H15F3/c1-2-3-4-5-14-6-8-15(9-7-14)10-11-16-12-17(20)19(22)18(21)13-16/h4-9,12-13H,2-3H2,1H3. The first-order valence-corrected chi connectivity index (χ1v) is 7.03. The lowest BCUT2D eigenvalue weighted by Gasteiger charge is -1.96. The van der Waals surface area contributed by atoms with Gasteiger partial charge in [-0.3, -0.25) is 0 Å². The van der Waals surface area contributed by atoms with Gasteiger partial charge < -0.3 is 0 Å². The van der Waals surface area contributed by atoms with Crippen molar-refractivity contribution in [1.29, 1.82) is 0 Å². The van der Waals surface area contributed by atoms with Crippen LogP contribution in [0.4, 0.5) is 13.2 Å². The van der Waals surface area contributed by atoms with Crippen molar-refractivity contribution in [1.82, 2.24) is 0 Å². The van der Waals surface area contributed by atoms with Gasteiger partial charge in [0.05, 0.1) is 0 Å². The summed E-state index contributed by atoms with van der Waals surface area (Å²) < 4.78 is 39.0. The Hall–Kier alpha value is -2.47. The molecule has 0 atom stereocenters. The molecule has 0 spiro atoms. The summed E-state index contributed by atoms with van der Waals surface area (Å²) in [4.78, 5) is 0. The van der Waals surface area contributed by atoms with E-state index in [1.165, 1.54) is 0 Å². The summed E-state index contributed by atoms with van der Waals surface area (Å²) in [5.74, 6) is 1.48. The Morgan fingerprint density at radius 1 is 0.909 bits per heavy atom. The van der Waals surface area contributed by atoms with Gasteiger partial charge >= 0.3 is 0 Å². The number of unbranched alkanes of at least 4 members (excludes halogenated alkanes) is 1. The van der Waals surface area contributed by atoms with E-state index in [0.29, 0.717) is 0 Å². The van der Waals surface area contributed by atoms with E-state index in [1.807, 2.05) is 30.3 Å². The Kier molecular flexibility index (Phi) is 5.43. The summed E-state index contributed by atoms with van der Waals surface area (Å²) in [5, 5.41) is 0. The molecule has 0 aliphatic heterocycles. The topological polar surface area (TPSA) is 0 Å². The lowest BCUT2D eigenvalue weighted by Crippen LogP contribution is -1.91. The van der Waals surface area contributed by atoms with Crippen molar-refractivity contribution < 1.29 is 13.2 Å². The molecule has 0 heterocycles. The summed E-state index contributed by atoms with van der Waals surface area (Å²) in [7, 11) is 0. The van der Waals surface area contributed by atoms with Gasteiger partial charge in [-0.1, -0.05) is 49.5 Å². The molecule has 0 saturated heterocycles. The first-order chi connectivity index (χ1) is 10.6. The predicted molar refractivity (Wildman–Crippen MR) is 82.7 cm³/mol. The zero-order chi connectivity index (χ0) is 15.9. The largest absolute Gasteiger partial charge is 0.204 e. The van der Waals surface area contributed by atoms with Crippen LogP contribution in [0.3, 0.4) is 0 Å². The summed E-state index contributed by atoms with van der Waals surface area (Å²) in [6, 6.07) is 9.26. The van der Waals surface area contributed by atoms with Gasteiger partial charge in [0.25, 0.3) is 0 Å². The van der Waals surface area contributed by atoms with Crippen LogP contribution < -0.4 is 0 Å². The first-order valence-electron chi connectivity index (χ1n) is 7.03. The zero-order valence-corrected chi connectivity index (χ0v) is 12.2. The van der Waals surface area contributed by atoms with Crippen molar-refractivity contribution in [2.75, 3.05) is 0 Å². The van der Waals surface area contributed by atoms with Crippen molar-refractivity contribution in [2.45, 2.75) is 19.8 Å². The normalized spacial score (nSPS) is 10.5. The highest BCUT2D eigenvalue weighted by molar-refractivity contribution is 5.52. The van der Waals surface area contributed by atoms with Gasteiger partial charge in [-0.15, -0.1) is 0 Å². The van der Waals surface area contributed by atoms with E-state index in [-0.39, 0.29) is 5.56 Å². The molecule has 0 aliphatic rings. The molecule has 2 aromatic rings. The molecule has 0 nitrogen and oxygen atoms in total. The van der Waals surface area contributed by atoms with Crippen LogP contribution in [-0.2, 0) is 0 Å². The second kappa shape index (κ2) is 7.51. The molecular weight excluding hydrogens is 285 g/mol. The highest BCUT2D eigenvalue weighted by Crippen LogP contribution is 2.13. The van der Waals surface area contributed by atoms with Crippen molar-refractivity contribution in [3.63, 3.8) is 0 Å². The average molecular weight is 300 g/mol. The van der Waals surface area contributed by atoms with Gasteiger partial charge in [0.15, 0.2) is 17.5 Å². The summed E-state index contributed by atoms with van der Waals surface area (Å²) in [6.45, 7) is 2.12. The number of allylic oxidation sites excluding steroid dienone is 1. The number of halogens is 3. The van der Waals surface area contributed by atoms with Gasteiger partial charge in [-0.2, -0.15) is 0 Å². The van der Waals surface area contributed by atoms with Crippen LogP contribution in [0.15, 0.2) is 42.5 Å². The molecule has 2 rings (SSSR count). The maximum Gasteiger partial charge on any atom is 0.194 e. The molecule has 3 heteroatoms. The van der Waals surface area contributed by atoms with E-state index in [4.69, 9.17) is 0 Å². The van der Waals surface area contributed by atoms with Gasteiger partial charge in [0, 0.05) is 11.1 Å². The minimum absolute atomic E-state index is 0.100. The Labute approximate surface area is 128 Å². The number of rotatable bonds is 3. The Morgan fingerprint density at radius 2 is 1.50 bits per heavy atom. The van der Waals surface area contributed by atoms with Crippen LogP contribution in [0.1, 0.15) is 36.5 Å². The minimum Gasteiger partial charge on any atom is -0.204 e. The van der Waals surface area contributed by atoms with Crippen LogP contribution in [0, 0.1) is 29.3 Å². The number of benzene rings is 2. The van der Waals surface area contributed by atoms with E-state index < -0.39 is 17.5 Å². The second-order valence-corrected chi connectivity index (χ2v) is 4.82. The summed E-state index contributed by atoms with van der Waals surface area (Å²) in [5.41, 5.74) is 1.89. The highest BCUT2D eigenvalue weighted by atomic mass is 19.2. The van der Waals surface area contributed by atoms with Crippen molar-refractivity contribution >= 4 is 6.08 Å². The third-order valence-corrected chi connectivity index (χ3v) is 3.01. The predicted octanol–water partition coefficient (Wildman–Crippen LogP) is 5.32. The van der Waals surface area contributed by atoms with Crippen LogP contribution in [0.25, 0.3) is 6.08 Å². The summed E-state index contributed by atoms with van der Waals surface area (Å²) >= 11 is 0. The lowest BCUT2D eigenvalue weighted by atomic mass is 10.1. The maximum absolute atomic E-state index is 13.1. The summed E-state index contributed by atoms with van der Waals surface area (Å²) in [6.07, 6.45) is 6.27. The number of hydrogen-bond donors (Lipinski definition) is 0. The van der Waals surface area contributed by atoms with Crippen molar-refractivity contribution in [3.05, 3.63) is 76.6 Å². The Bertz CT molecular complexity index is 709. The lowest BCUT2D eigenvalue weighted by molar-refractivity contribution is 0.446. The fraction of sp³-hybridized carbons (Fsp3) is 0.158. The fourth-order valence-electron chi connectivity index (χ4n) is 1.84. The average Bonchev–Trinajstić information content (AvgIpc) is 2.52. The molecule has 0 bridgehead atoms. The van der Waals surface area contributed by atoms with E-state index >= 15 is 0 Å². The third-order valence-electron chi connectivity index (χ3n) is 3.01. The van der Waals surface area contributed by atoms with E-state index in [2.05, 4.69) is 24.8 Å². The van der Waals surface area contributed by atoms with Crippen molar-refractivity contribution in [3.8, 4) is 11.8 Å². The molecule has 0 radical (unpaired) electrons. The molecule has 0 saturated carbocycles. The monoisotopic (exact) mass is 300 g/mol. The molecule has 0 amide bonds. The first kappa shape index (κ1) is 15.9. The van der Waals surface area contributed by atoms with E-state index in [1.54, 1.807) is 0 Å². The van der Waals surface area contributed by atoms with Crippen LogP contribution >= 0.6 is 0 Å². The maximum atomic E-state index is 13.1. The number of hydrogen-bond acceptors (Lipinski definition) is 0. The highest BCUT2D eigenvalue weighted by Gasteiger charge is 2.08. The van der Waals surface area contributed by atoms with Gasteiger partial charge in [-0.25, -0.2) is 13.2 Å². The molecule has 0 N–H and O–H groups in total. The SMILES string of the molecule is CCCC=Cc1ccc(C#Cc2cc(F)c(F)c(F)c2)cc1. The molecule has 0 unspecified atom stereocenters. The zero-order valence-electron chi connectivity index (χ0n) is 12.2. The van der Waals surface area contributed by atoms with Crippen LogP contribution in [-0.4, -0.2) is 0 Å². The van der Waals surface area contributed by atoms with Gasteiger partial charge in [0.2, 0.25) is 0 Å². The Balaban J connectivity index is 2.15. The third kappa shape index (κ3) is 4.26. The minimum atomic E-state index is -1.48. The van der Waals surface area contributed by atoms with E-state index in [9.17, 15) is 13.2 Å². The quantitative estimate of drug-likeness (QED) is 0.532. The smallest absolute Gasteiger partial charge is 0.194 e. The van der Waals surface area contributed by atoms with Crippen LogP contribution in [0.5, 0.6) is 0 Å². The van der Waals surface area contributed by atoms with Gasteiger partial charge in [-0.05, 0) is 36.2 Å². The second-order valence-electron chi connectivity index (χ2n) is 4.82. The van der Waals surface area contributed by atoms with Crippen LogP contribution in [0.2, 0.25) is 0 Å². The molecule has 2 aromatic carbocycles. The molecule has 112 valence electrons. The van der Waals surface area contributed by atoms with Gasteiger partial charge in [0.1, 0.15) is 0 Å². The molecular formula is C19H15F3. The molecule has 0 aliphatic carbocycles. The fourth-order valence-corrected chi connectivity index (χ4v) is 1.84.